The number of hydrogen-bond donors (Lipinski definition) is 1. The number of aromatic nitrogens is 5. The second kappa shape index (κ2) is 5.59. The SMILES string of the molecule is CCN(CC)C(=O)C(C)Nc1ccc2nnnn2n1. The van der Waals surface area contributed by atoms with Crippen molar-refractivity contribution in [3.8, 4) is 0 Å². The average Bonchev–Trinajstić information content (AvgIpc) is 2.87. The zero-order valence-electron chi connectivity index (χ0n) is 11.2. The summed E-state index contributed by atoms with van der Waals surface area (Å²) in [7, 11) is 0. The van der Waals surface area contributed by atoms with E-state index in [2.05, 4.69) is 25.9 Å². The van der Waals surface area contributed by atoms with Crippen LogP contribution >= 0.6 is 0 Å². The van der Waals surface area contributed by atoms with Crippen molar-refractivity contribution in [3.63, 3.8) is 0 Å². The largest absolute Gasteiger partial charge is 0.357 e. The molecule has 0 saturated heterocycles. The van der Waals surface area contributed by atoms with Crippen molar-refractivity contribution in [2.45, 2.75) is 26.8 Å². The first-order valence-corrected chi connectivity index (χ1v) is 6.26. The van der Waals surface area contributed by atoms with E-state index in [-0.39, 0.29) is 11.9 Å². The lowest BCUT2D eigenvalue weighted by atomic mass is 10.2. The molecule has 0 saturated carbocycles. The van der Waals surface area contributed by atoms with E-state index in [1.54, 1.807) is 17.0 Å². The van der Waals surface area contributed by atoms with E-state index < -0.39 is 0 Å². The number of rotatable bonds is 5. The first-order valence-electron chi connectivity index (χ1n) is 6.26. The van der Waals surface area contributed by atoms with Crippen LogP contribution in [0, 0.1) is 0 Å². The maximum absolute atomic E-state index is 12.1. The van der Waals surface area contributed by atoms with Gasteiger partial charge in [0, 0.05) is 13.1 Å². The van der Waals surface area contributed by atoms with Gasteiger partial charge in [0.05, 0.1) is 0 Å². The Labute approximate surface area is 110 Å². The molecule has 8 nitrogen and oxygen atoms in total. The predicted octanol–water partition coefficient (Wildman–Crippen LogP) is 0.188. The summed E-state index contributed by atoms with van der Waals surface area (Å²) in [5.41, 5.74) is 0.563. The van der Waals surface area contributed by atoms with E-state index in [0.29, 0.717) is 24.6 Å². The molecular weight excluding hydrogens is 246 g/mol. The molecule has 0 aliphatic carbocycles. The summed E-state index contributed by atoms with van der Waals surface area (Å²) >= 11 is 0. The fourth-order valence-corrected chi connectivity index (χ4v) is 1.82. The van der Waals surface area contributed by atoms with Crippen molar-refractivity contribution >= 4 is 17.4 Å². The van der Waals surface area contributed by atoms with Gasteiger partial charge in [0.25, 0.3) is 0 Å². The Bertz CT molecular complexity index is 563. The molecule has 0 aliphatic heterocycles. The van der Waals surface area contributed by atoms with Crippen LogP contribution in [0.15, 0.2) is 12.1 Å². The van der Waals surface area contributed by atoms with Gasteiger partial charge in [-0.25, -0.2) is 0 Å². The van der Waals surface area contributed by atoms with Crippen molar-refractivity contribution in [2.24, 2.45) is 0 Å². The normalized spacial score (nSPS) is 12.4. The summed E-state index contributed by atoms with van der Waals surface area (Å²) in [6.07, 6.45) is 0. The first kappa shape index (κ1) is 13.2. The van der Waals surface area contributed by atoms with Gasteiger partial charge in [-0.3, -0.25) is 4.79 Å². The summed E-state index contributed by atoms with van der Waals surface area (Å²) in [5, 5.41) is 18.2. The van der Waals surface area contributed by atoms with Crippen LogP contribution in [0.25, 0.3) is 5.65 Å². The minimum absolute atomic E-state index is 0.0450. The third kappa shape index (κ3) is 2.78. The van der Waals surface area contributed by atoms with E-state index in [1.807, 2.05) is 20.8 Å². The van der Waals surface area contributed by atoms with Crippen LogP contribution in [0.3, 0.4) is 0 Å². The molecule has 1 atom stereocenters. The highest BCUT2D eigenvalue weighted by atomic mass is 16.2. The first-order chi connectivity index (χ1) is 9.15. The van der Waals surface area contributed by atoms with Gasteiger partial charge in [0.15, 0.2) is 5.65 Å². The third-order valence-corrected chi connectivity index (χ3v) is 2.88. The molecule has 1 amide bonds. The quantitative estimate of drug-likeness (QED) is 0.828. The Morgan fingerprint density at radius 3 is 2.84 bits per heavy atom. The second-order valence-corrected chi connectivity index (χ2v) is 4.12. The van der Waals surface area contributed by atoms with Gasteiger partial charge >= 0.3 is 0 Å². The molecule has 0 spiro atoms. The number of nitrogens with zero attached hydrogens (tertiary/aromatic N) is 6. The number of likely N-dealkylation sites (N-methyl/N-ethyl adjacent to an activating group) is 1. The standard InChI is InChI=1S/C11H17N7O/c1-4-17(5-2)11(19)8(3)12-9-6-7-10-13-15-16-18(10)14-9/h6-8H,4-5H2,1-3H3,(H,12,14). The van der Waals surface area contributed by atoms with Crippen LogP contribution in [0.5, 0.6) is 0 Å². The number of carbonyl (C=O) groups excluding carboxylic acids is 1. The smallest absolute Gasteiger partial charge is 0.244 e. The summed E-state index contributed by atoms with van der Waals surface area (Å²) in [4.78, 5) is 13.9. The summed E-state index contributed by atoms with van der Waals surface area (Å²) < 4.78 is 1.32. The number of hydrogen-bond acceptors (Lipinski definition) is 6. The molecule has 0 aliphatic rings. The topological polar surface area (TPSA) is 88.3 Å². The average molecular weight is 263 g/mol. The number of fused-ring (bicyclic) bond motifs is 1. The highest BCUT2D eigenvalue weighted by molar-refractivity contribution is 5.84. The minimum atomic E-state index is -0.346. The Morgan fingerprint density at radius 2 is 2.16 bits per heavy atom. The molecular formula is C11H17N7O. The Kier molecular flexibility index (Phi) is 3.88. The zero-order valence-corrected chi connectivity index (χ0v) is 11.2. The second-order valence-electron chi connectivity index (χ2n) is 4.12. The summed E-state index contributed by atoms with van der Waals surface area (Å²) in [5.74, 6) is 0.608. The lowest BCUT2D eigenvalue weighted by Crippen LogP contribution is -2.41. The van der Waals surface area contributed by atoms with E-state index in [9.17, 15) is 4.79 Å². The molecule has 8 heteroatoms. The lowest BCUT2D eigenvalue weighted by Gasteiger charge is -2.23. The predicted molar refractivity (Wildman–Crippen MR) is 69.6 cm³/mol. The van der Waals surface area contributed by atoms with Crippen LogP contribution in [0.2, 0.25) is 0 Å². The van der Waals surface area contributed by atoms with Crippen molar-refractivity contribution < 1.29 is 4.79 Å². The van der Waals surface area contributed by atoms with E-state index in [0.717, 1.165) is 0 Å². The third-order valence-electron chi connectivity index (χ3n) is 2.88. The minimum Gasteiger partial charge on any atom is -0.357 e. The van der Waals surface area contributed by atoms with Crippen molar-refractivity contribution in [1.29, 1.82) is 0 Å². The summed E-state index contributed by atoms with van der Waals surface area (Å²) in [6, 6.07) is 3.14. The van der Waals surface area contributed by atoms with E-state index >= 15 is 0 Å². The lowest BCUT2D eigenvalue weighted by molar-refractivity contribution is -0.131. The van der Waals surface area contributed by atoms with Gasteiger partial charge in [0.2, 0.25) is 5.91 Å². The van der Waals surface area contributed by atoms with Crippen molar-refractivity contribution in [2.75, 3.05) is 18.4 Å². The van der Waals surface area contributed by atoms with Gasteiger partial charge < -0.3 is 10.2 Å². The maximum atomic E-state index is 12.1. The molecule has 0 fully saturated rings. The van der Waals surface area contributed by atoms with E-state index in [4.69, 9.17) is 0 Å². The highest BCUT2D eigenvalue weighted by Crippen LogP contribution is 2.06. The maximum Gasteiger partial charge on any atom is 0.244 e. The monoisotopic (exact) mass is 263 g/mol. The van der Waals surface area contributed by atoms with Gasteiger partial charge in [-0.1, -0.05) is 0 Å². The Hall–Kier alpha value is -2.25. The molecule has 0 bridgehead atoms. The van der Waals surface area contributed by atoms with Crippen LogP contribution < -0.4 is 5.32 Å². The van der Waals surface area contributed by atoms with Gasteiger partial charge in [0.1, 0.15) is 11.9 Å². The number of tetrazole rings is 1. The Balaban J connectivity index is 2.09. The highest BCUT2D eigenvalue weighted by Gasteiger charge is 2.18. The molecule has 2 aromatic rings. The van der Waals surface area contributed by atoms with Crippen LogP contribution in [0.1, 0.15) is 20.8 Å². The molecule has 102 valence electrons. The summed E-state index contributed by atoms with van der Waals surface area (Å²) in [6.45, 7) is 7.12. The van der Waals surface area contributed by atoms with Gasteiger partial charge in [-0.15, -0.1) is 14.8 Å². The molecule has 2 rings (SSSR count). The van der Waals surface area contributed by atoms with Crippen LogP contribution in [0.4, 0.5) is 5.82 Å². The fourth-order valence-electron chi connectivity index (χ4n) is 1.82. The number of anilines is 1. The van der Waals surface area contributed by atoms with Crippen molar-refractivity contribution in [3.05, 3.63) is 12.1 Å². The van der Waals surface area contributed by atoms with Gasteiger partial charge in [-0.05, 0) is 43.3 Å². The van der Waals surface area contributed by atoms with Crippen LogP contribution in [-0.2, 0) is 4.79 Å². The molecule has 1 unspecified atom stereocenters. The molecule has 1 N–H and O–H groups in total. The van der Waals surface area contributed by atoms with Gasteiger partial charge in [-0.2, -0.15) is 0 Å². The molecule has 2 aromatic heterocycles. The van der Waals surface area contributed by atoms with Crippen LogP contribution in [-0.4, -0.2) is 55.2 Å². The van der Waals surface area contributed by atoms with Crippen molar-refractivity contribution in [1.82, 2.24) is 30.2 Å². The molecule has 0 radical (unpaired) electrons. The number of carbonyl (C=O) groups is 1. The van der Waals surface area contributed by atoms with E-state index in [1.165, 1.54) is 4.63 Å². The fraction of sp³-hybridized carbons (Fsp3) is 0.545. The number of nitrogens with one attached hydrogen (secondary N) is 1. The Morgan fingerprint density at radius 1 is 1.42 bits per heavy atom. The molecule has 2 heterocycles. The molecule has 19 heavy (non-hydrogen) atoms. The molecule has 0 aromatic carbocycles. The zero-order chi connectivity index (χ0) is 13.8. The number of amides is 1.